The van der Waals surface area contributed by atoms with E-state index in [1.54, 1.807) is 19.2 Å². The van der Waals surface area contributed by atoms with E-state index in [9.17, 15) is 8.42 Å². The Morgan fingerprint density at radius 1 is 1.17 bits per heavy atom. The van der Waals surface area contributed by atoms with Gasteiger partial charge in [-0.2, -0.15) is 0 Å². The zero-order valence-electron chi connectivity index (χ0n) is 17.8. The van der Waals surface area contributed by atoms with Gasteiger partial charge in [-0.3, -0.25) is 4.98 Å². The van der Waals surface area contributed by atoms with Crippen LogP contribution in [0.15, 0.2) is 58.5 Å². The van der Waals surface area contributed by atoms with Crippen LogP contribution in [0.1, 0.15) is 32.3 Å². The zero-order chi connectivity index (χ0) is 21.3. The minimum atomic E-state index is -3.72. The molecule has 158 valence electrons. The van der Waals surface area contributed by atoms with Crippen LogP contribution in [0.3, 0.4) is 0 Å². The van der Waals surface area contributed by atoms with Crippen LogP contribution in [0.2, 0.25) is 0 Å². The van der Waals surface area contributed by atoms with E-state index in [1.165, 1.54) is 6.20 Å². The van der Waals surface area contributed by atoms with Crippen LogP contribution in [0.25, 0.3) is 10.9 Å². The molecule has 1 aromatic heterocycles. The van der Waals surface area contributed by atoms with Crippen molar-refractivity contribution in [1.29, 1.82) is 0 Å². The Morgan fingerprint density at radius 3 is 2.60 bits per heavy atom. The van der Waals surface area contributed by atoms with Crippen LogP contribution in [0.4, 0.5) is 5.69 Å². The molecule has 1 aliphatic heterocycles. The van der Waals surface area contributed by atoms with Gasteiger partial charge in [0, 0.05) is 24.7 Å². The molecule has 0 bridgehead atoms. The van der Waals surface area contributed by atoms with Crippen molar-refractivity contribution in [3.63, 3.8) is 0 Å². The Kier molecular flexibility index (Phi) is 5.69. The van der Waals surface area contributed by atoms with Crippen LogP contribution in [0, 0.1) is 5.92 Å². The number of aryl methyl sites for hydroxylation is 1. The molecule has 0 aliphatic carbocycles. The highest BCUT2D eigenvalue weighted by atomic mass is 32.2. The number of methoxy groups -OCH3 is 1. The van der Waals surface area contributed by atoms with E-state index in [0.29, 0.717) is 16.6 Å². The summed E-state index contributed by atoms with van der Waals surface area (Å²) in [6.07, 6.45) is 4.59. The first-order valence-electron chi connectivity index (χ1n) is 10.5. The second-order valence-corrected chi connectivity index (χ2v) is 9.97. The third kappa shape index (κ3) is 3.76. The zero-order valence-corrected chi connectivity index (χ0v) is 18.6. The van der Waals surface area contributed by atoms with Crippen molar-refractivity contribution >= 4 is 26.4 Å². The minimum Gasteiger partial charge on any atom is -0.497 e. The molecule has 0 amide bonds. The SMILES string of the molecule is CCc1ccc(S(=O)(=O)c2cnc3ccc(OC)cc3c2N2CCC[C@@H](C)C2)cc1. The Morgan fingerprint density at radius 2 is 1.93 bits per heavy atom. The second kappa shape index (κ2) is 8.26. The summed E-state index contributed by atoms with van der Waals surface area (Å²) in [5.41, 5.74) is 2.62. The van der Waals surface area contributed by atoms with Gasteiger partial charge >= 0.3 is 0 Å². The third-order valence-corrected chi connectivity index (χ3v) is 7.69. The standard InChI is InChI=1S/C24H28N2O3S/c1-4-18-7-10-20(11-8-18)30(27,28)23-15-25-22-12-9-19(29-3)14-21(22)24(23)26-13-5-6-17(2)16-26/h7-12,14-15,17H,4-6,13,16H2,1-3H3/t17-/m1/s1. The van der Waals surface area contributed by atoms with Crippen molar-refractivity contribution in [2.24, 2.45) is 5.92 Å². The van der Waals surface area contributed by atoms with Crippen molar-refractivity contribution in [2.45, 2.75) is 42.9 Å². The molecule has 3 aromatic rings. The van der Waals surface area contributed by atoms with Crippen LogP contribution < -0.4 is 9.64 Å². The van der Waals surface area contributed by atoms with E-state index in [-0.39, 0.29) is 4.90 Å². The van der Waals surface area contributed by atoms with Crippen molar-refractivity contribution in [2.75, 3.05) is 25.1 Å². The Balaban J connectivity index is 1.94. The fourth-order valence-corrected chi connectivity index (χ4v) is 5.65. The lowest BCUT2D eigenvalue weighted by Crippen LogP contribution is -2.35. The molecule has 6 heteroatoms. The van der Waals surface area contributed by atoms with Gasteiger partial charge in [-0.1, -0.05) is 26.0 Å². The number of hydrogen-bond acceptors (Lipinski definition) is 5. The van der Waals surface area contributed by atoms with Crippen LogP contribution in [-0.4, -0.2) is 33.6 Å². The summed E-state index contributed by atoms with van der Waals surface area (Å²) < 4.78 is 32.8. The molecular weight excluding hydrogens is 396 g/mol. The molecule has 4 rings (SSSR count). The molecule has 0 spiro atoms. The summed E-state index contributed by atoms with van der Waals surface area (Å²) in [5, 5.41) is 0.815. The average molecular weight is 425 g/mol. The molecule has 30 heavy (non-hydrogen) atoms. The maximum atomic E-state index is 13.7. The van der Waals surface area contributed by atoms with Gasteiger partial charge in [-0.15, -0.1) is 0 Å². The number of nitrogens with zero attached hydrogens (tertiary/aromatic N) is 2. The van der Waals surface area contributed by atoms with Gasteiger partial charge in [-0.05, 0) is 61.1 Å². The molecule has 1 saturated heterocycles. The predicted octanol–water partition coefficient (Wildman–Crippen LogP) is 4.87. The van der Waals surface area contributed by atoms with Gasteiger partial charge in [0.2, 0.25) is 9.84 Å². The summed E-state index contributed by atoms with van der Waals surface area (Å²) in [4.78, 5) is 7.27. The van der Waals surface area contributed by atoms with Gasteiger partial charge in [0.25, 0.3) is 0 Å². The average Bonchev–Trinajstić information content (AvgIpc) is 2.77. The largest absolute Gasteiger partial charge is 0.497 e. The van der Waals surface area contributed by atoms with Crippen LogP contribution in [-0.2, 0) is 16.3 Å². The van der Waals surface area contributed by atoms with E-state index >= 15 is 0 Å². The molecule has 0 unspecified atom stereocenters. The number of aromatic nitrogens is 1. The summed E-state index contributed by atoms with van der Waals surface area (Å²) in [6, 6.07) is 12.8. The number of piperidine rings is 1. The second-order valence-electron chi connectivity index (χ2n) is 8.05. The Bertz CT molecular complexity index is 1160. The summed E-state index contributed by atoms with van der Waals surface area (Å²) in [7, 11) is -2.10. The molecule has 0 saturated carbocycles. The lowest BCUT2D eigenvalue weighted by molar-refractivity contribution is 0.415. The predicted molar refractivity (Wildman–Crippen MR) is 120 cm³/mol. The van der Waals surface area contributed by atoms with Crippen LogP contribution in [0.5, 0.6) is 5.75 Å². The fraction of sp³-hybridized carbons (Fsp3) is 0.375. The molecule has 1 aliphatic rings. The van der Waals surface area contributed by atoms with Crippen molar-refractivity contribution in [3.05, 3.63) is 54.2 Å². The molecule has 2 aromatic carbocycles. The maximum absolute atomic E-state index is 13.7. The van der Waals surface area contributed by atoms with Crippen molar-refractivity contribution in [3.8, 4) is 5.75 Å². The van der Waals surface area contributed by atoms with Gasteiger partial charge in [-0.25, -0.2) is 8.42 Å². The van der Waals surface area contributed by atoms with Crippen molar-refractivity contribution in [1.82, 2.24) is 4.98 Å². The minimum absolute atomic E-state index is 0.265. The monoisotopic (exact) mass is 424 g/mol. The highest BCUT2D eigenvalue weighted by molar-refractivity contribution is 7.91. The van der Waals surface area contributed by atoms with E-state index in [2.05, 4.69) is 23.7 Å². The number of anilines is 1. The van der Waals surface area contributed by atoms with E-state index in [0.717, 1.165) is 54.5 Å². The number of hydrogen-bond donors (Lipinski definition) is 0. The first-order chi connectivity index (χ1) is 14.4. The lowest BCUT2D eigenvalue weighted by Gasteiger charge is -2.34. The number of ether oxygens (including phenoxy) is 1. The lowest BCUT2D eigenvalue weighted by atomic mass is 9.99. The summed E-state index contributed by atoms with van der Waals surface area (Å²) in [5.74, 6) is 1.20. The smallest absolute Gasteiger partial charge is 0.210 e. The molecule has 1 fully saturated rings. The van der Waals surface area contributed by atoms with E-state index < -0.39 is 9.84 Å². The quantitative estimate of drug-likeness (QED) is 0.584. The van der Waals surface area contributed by atoms with Gasteiger partial charge in [0.05, 0.1) is 23.2 Å². The molecule has 5 nitrogen and oxygen atoms in total. The molecular formula is C24H28N2O3S. The highest BCUT2D eigenvalue weighted by Crippen LogP contribution is 2.39. The fourth-order valence-electron chi connectivity index (χ4n) is 4.21. The molecule has 1 atom stereocenters. The van der Waals surface area contributed by atoms with Crippen molar-refractivity contribution < 1.29 is 13.2 Å². The number of pyridine rings is 1. The Labute approximate surface area is 178 Å². The Hall–Kier alpha value is -2.60. The molecule has 0 radical (unpaired) electrons. The van der Waals surface area contributed by atoms with Crippen LogP contribution >= 0.6 is 0 Å². The summed E-state index contributed by atoms with van der Waals surface area (Å²) in [6.45, 7) is 5.93. The first-order valence-corrected chi connectivity index (χ1v) is 12.0. The van der Waals surface area contributed by atoms with Gasteiger partial charge in [0.1, 0.15) is 10.6 Å². The maximum Gasteiger partial charge on any atom is 0.210 e. The topological polar surface area (TPSA) is 59.5 Å². The number of rotatable bonds is 5. The number of sulfone groups is 1. The van der Waals surface area contributed by atoms with Gasteiger partial charge in [0.15, 0.2) is 0 Å². The highest BCUT2D eigenvalue weighted by Gasteiger charge is 2.29. The normalized spacial score (nSPS) is 17.3. The van der Waals surface area contributed by atoms with Gasteiger partial charge < -0.3 is 9.64 Å². The summed E-state index contributed by atoms with van der Waals surface area (Å²) >= 11 is 0. The van der Waals surface area contributed by atoms with E-state index in [1.807, 2.05) is 30.3 Å². The first kappa shape index (κ1) is 20.7. The third-order valence-electron chi connectivity index (χ3n) is 5.92. The number of fused-ring (bicyclic) bond motifs is 1. The number of benzene rings is 2. The van der Waals surface area contributed by atoms with E-state index in [4.69, 9.17) is 4.74 Å². The molecule has 0 N–H and O–H groups in total. The molecule has 2 heterocycles.